The van der Waals surface area contributed by atoms with E-state index in [-0.39, 0.29) is 11.9 Å². The Hall–Kier alpha value is -1.49. The Kier molecular flexibility index (Phi) is 4.85. The molecule has 6 heteroatoms. The number of amides is 2. The van der Waals surface area contributed by atoms with Crippen molar-refractivity contribution in [3.63, 3.8) is 0 Å². The van der Waals surface area contributed by atoms with Crippen LogP contribution in [0.4, 0.5) is 4.79 Å². The summed E-state index contributed by atoms with van der Waals surface area (Å²) in [6.45, 7) is 3.88. The predicted molar refractivity (Wildman–Crippen MR) is 61.3 cm³/mol. The molecule has 0 saturated carbocycles. The number of hydrogen-bond acceptors (Lipinski definition) is 3. The molecule has 0 radical (unpaired) electrons. The number of pyridine rings is 1. The molecular formula is C10H14ClN3O2. The fraction of sp³-hybridized carbons (Fsp3) is 0.400. The van der Waals surface area contributed by atoms with Crippen molar-refractivity contribution >= 4 is 17.6 Å². The first-order valence-electron chi connectivity index (χ1n) is 4.97. The standard InChI is InChI=1S/C10H14ClN3O2/c1-3-7(2)12-10(15)14-16-9-6-4-5-8(11)13-9/h4-7H,3H2,1-2H3,(H2,12,14,15). The first-order chi connectivity index (χ1) is 7.61. The van der Waals surface area contributed by atoms with Gasteiger partial charge in [-0.05, 0) is 19.4 Å². The average Bonchev–Trinajstić information content (AvgIpc) is 2.26. The number of aromatic nitrogens is 1. The minimum atomic E-state index is -0.406. The van der Waals surface area contributed by atoms with Crippen LogP contribution in [0.2, 0.25) is 5.15 Å². The van der Waals surface area contributed by atoms with E-state index in [1.807, 2.05) is 13.8 Å². The van der Waals surface area contributed by atoms with Crippen molar-refractivity contribution in [3.05, 3.63) is 23.4 Å². The second kappa shape index (κ2) is 6.17. The van der Waals surface area contributed by atoms with E-state index in [1.54, 1.807) is 18.2 Å². The number of hydrogen-bond donors (Lipinski definition) is 2. The lowest BCUT2D eigenvalue weighted by molar-refractivity contribution is 0.171. The lowest BCUT2D eigenvalue weighted by Crippen LogP contribution is -2.42. The number of halogens is 1. The molecule has 0 aliphatic rings. The molecule has 5 nitrogen and oxygen atoms in total. The number of rotatable bonds is 4. The van der Waals surface area contributed by atoms with Gasteiger partial charge in [0.15, 0.2) is 0 Å². The van der Waals surface area contributed by atoms with Crippen molar-refractivity contribution in [2.75, 3.05) is 0 Å². The molecule has 2 N–H and O–H groups in total. The molecule has 0 aliphatic carbocycles. The van der Waals surface area contributed by atoms with Crippen LogP contribution in [0.25, 0.3) is 0 Å². The molecule has 1 atom stereocenters. The van der Waals surface area contributed by atoms with E-state index in [9.17, 15) is 4.79 Å². The molecule has 1 rings (SSSR count). The summed E-state index contributed by atoms with van der Waals surface area (Å²) >= 11 is 5.65. The molecule has 2 amide bonds. The van der Waals surface area contributed by atoms with E-state index in [2.05, 4.69) is 15.8 Å². The van der Waals surface area contributed by atoms with Gasteiger partial charge in [0, 0.05) is 12.1 Å². The summed E-state index contributed by atoms with van der Waals surface area (Å²) in [7, 11) is 0. The molecule has 0 spiro atoms. The van der Waals surface area contributed by atoms with Crippen LogP contribution in [0.1, 0.15) is 20.3 Å². The number of carbonyl (C=O) groups is 1. The summed E-state index contributed by atoms with van der Waals surface area (Å²) in [5.74, 6) is 0.242. The highest BCUT2D eigenvalue weighted by molar-refractivity contribution is 6.29. The zero-order valence-corrected chi connectivity index (χ0v) is 9.91. The first-order valence-corrected chi connectivity index (χ1v) is 5.35. The Morgan fingerprint density at radius 2 is 2.38 bits per heavy atom. The van der Waals surface area contributed by atoms with Gasteiger partial charge in [0.2, 0.25) is 5.88 Å². The molecule has 0 aliphatic heterocycles. The summed E-state index contributed by atoms with van der Waals surface area (Å²) < 4.78 is 0. The quantitative estimate of drug-likeness (QED) is 0.629. The van der Waals surface area contributed by atoms with Crippen molar-refractivity contribution in [2.24, 2.45) is 0 Å². The van der Waals surface area contributed by atoms with Gasteiger partial charge in [0.25, 0.3) is 0 Å². The topological polar surface area (TPSA) is 63.2 Å². The molecule has 1 aromatic rings. The molecule has 0 bridgehead atoms. The van der Waals surface area contributed by atoms with Gasteiger partial charge >= 0.3 is 6.03 Å². The molecule has 0 fully saturated rings. The van der Waals surface area contributed by atoms with Crippen molar-refractivity contribution in [3.8, 4) is 5.88 Å². The van der Waals surface area contributed by atoms with Gasteiger partial charge in [-0.3, -0.25) is 0 Å². The van der Waals surface area contributed by atoms with Crippen LogP contribution in [-0.2, 0) is 0 Å². The normalized spacial score (nSPS) is 11.7. The number of urea groups is 1. The summed E-state index contributed by atoms with van der Waals surface area (Å²) in [6.07, 6.45) is 0.850. The lowest BCUT2D eigenvalue weighted by atomic mass is 10.3. The maximum atomic E-state index is 11.3. The monoisotopic (exact) mass is 243 g/mol. The Morgan fingerprint density at radius 1 is 1.62 bits per heavy atom. The van der Waals surface area contributed by atoms with Gasteiger partial charge in [-0.15, -0.1) is 0 Å². The zero-order valence-electron chi connectivity index (χ0n) is 9.16. The molecular weight excluding hydrogens is 230 g/mol. The third-order valence-corrected chi connectivity index (χ3v) is 2.14. The molecule has 88 valence electrons. The lowest BCUT2D eigenvalue weighted by Gasteiger charge is -2.12. The Morgan fingerprint density at radius 3 is 3.00 bits per heavy atom. The van der Waals surface area contributed by atoms with Crippen molar-refractivity contribution < 1.29 is 9.63 Å². The van der Waals surface area contributed by atoms with Gasteiger partial charge in [-0.25, -0.2) is 4.79 Å². The van der Waals surface area contributed by atoms with E-state index < -0.39 is 6.03 Å². The maximum absolute atomic E-state index is 11.3. The second-order valence-corrected chi connectivity index (χ2v) is 3.67. The Bertz CT molecular complexity index is 360. The molecule has 0 saturated heterocycles. The van der Waals surface area contributed by atoms with Crippen LogP contribution in [0.3, 0.4) is 0 Å². The summed E-state index contributed by atoms with van der Waals surface area (Å²) in [4.78, 5) is 20.0. The smallest absolute Gasteiger partial charge is 0.348 e. The zero-order chi connectivity index (χ0) is 12.0. The Labute approximate surface area is 99.1 Å². The average molecular weight is 244 g/mol. The van der Waals surface area contributed by atoms with Gasteiger partial charge < -0.3 is 10.2 Å². The largest absolute Gasteiger partial charge is 0.358 e. The van der Waals surface area contributed by atoms with Crippen LogP contribution in [0.5, 0.6) is 5.88 Å². The van der Waals surface area contributed by atoms with Crippen LogP contribution in [0.15, 0.2) is 18.2 Å². The fourth-order valence-corrected chi connectivity index (χ4v) is 1.06. The predicted octanol–water partition coefficient (Wildman–Crippen LogP) is 2.13. The number of carbonyl (C=O) groups excluding carboxylic acids is 1. The molecule has 1 aromatic heterocycles. The first kappa shape index (κ1) is 12.6. The fourth-order valence-electron chi connectivity index (χ4n) is 0.900. The van der Waals surface area contributed by atoms with Crippen molar-refractivity contribution in [2.45, 2.75) is 26.3 Å². The molecule has 16 heavy (non-hydrogen) atoms. The third kappa shape index (κ3) is 4.35. The summed E-state index contributed by atoms with van der Waals surface area (Å²) in [5, 5.41) is 2.99. The number of hydroxylamine groups is 1. The van der Waals surface area contributed by atoms with E-state index >= 15 is 0 Å². The van der Waals surface area contributed by atoms with Gasteiger partial charge in [0.05, 0.1) is 0 Å². The van der Waals surface area contributed by atoms with E-state index in [1.165, 1.54) is 0 Å². The second-order valence-electron chi connectivity index (χ2n) is 3.29. The van der Waals surface area contributed by atoms with Crippen LogP contribution in [0, 0.1) is 0 Å². The SMILES string of the molecule is CCC(C)NC(=O)NOc1cccc(Cl)n1. The van der Waals surface area contributed by atoms with Gasteiger partial charge in [-0.2, -0.15) is 10.5 Å². The summed E-state index contributed by atoms with van der Waals surface area (Å²) in [6, 6.07) is 4.58. The highest BCUT2D eigenvalue weighted by Gasteiger charge is 2.05. The van der Waals surface area contributed by atoms with Crippen LogP contribution >= 0.6 is 11.6 Å². The highest BCUT2D eigenvalue weighted by Crippen LogP contribution is 2.10. The molecule has 0 aromatic carbocycles. The highest BCUT2D eigenvalue weighted by atomic mass is 35.5. The van der Waals surface area contributed by atoms with Crippen molar-refractivity contribution in [1.29, 1.82) is 0 Å². The third-order valence-electron chi connectivity index (χ3n) is 1.93. The van der Waals surface area contributed by atoms with Gasteiger partial charge in [0.1, 0.15) is 5.15 Å². The van der Waals surface area contributed by atoms with E-state index in [4.69, 9.17) is 16.4 Å². The molecule has 1 heterocycles. The number of nitrogens with zero attached hydrogens (tertiary/aromatic N) is 1. The van der Waals surface area contributed by atoms with Gasteiger partial charge in [-0.1, -0.05) is 24.6 Å². The van der Waals surface area contributed by atoms with Crippen LogP contribution in [-0.4, -0.2) is 17.1 Å². The van der Waals surface area contributed by atoms with Crippen LogP contribution < -0.4 is 15.6 Å². The number of nitrogens with one attached hydrogen (secondary N) is 2. The minimum absolute atomic E-state index is 0.0934. The van der Waals surface area contributed by atoms with Crippen molar-refractivity contribution in [1.82, 2.24) is 15.8 Å². The molecule has 1 unspecified atom stereocenters. The minimum Gasteiger partial charge on any atom is -0.358 e. The maximum Gasteiger partial charge on any atom is 0.348 e. The summed E-state index contributed by atoms with van der Waals surface area (Å²) in [5.41, 5.74) is 2.22. The van der Waals surface area contributed by atoms with E-state index in [0.29, 0.717) is 5.15 Å². The Balaban J connectivity index is 2.37. The van der Waals surface area contributed by atoms with E-state index in [0.717, 1.165) is 6.42 Å².